The first-order valence-electron chi connectivity index (χ1n) is 7.60. The lowest BCUT2D eigenvalue weighted by molar-refractivity contribution is 0.0620. The number of H-pyrrole nitrogens is 1. The van der Waals surface area contributed by atoms with E-state index >= 15 is 0 Å². The molecular formula is C16H22N4O. The lowest BCUT2D eigenvalue weighted by atomic mass is 10.1. The van der Waals surface area contributed by atoms with Crippen molar-refractivity contribution >= 4 is 16.8 Å². The number of amides is 1. The van der Waals surface area contributed by atoms with Gasteiger partial charge in [-0.15, -0.1) is 0 Å². The number of fused-ring (bicyclic) bond motifs is 1. The third-order valence-electron chi connectivity index (χ3n) is 3.96. The Morgan fingerprint density at radius 3 is 2.67 bits per heavy atom. The van der Waals surface area contributed by atoms with Gasteiger partial charge >= 0.3 is 0 Å². The van der Waals surface area contributed by atoms with Gasteiger partial charge < -0.3 is 4.90 Å². The van der Waals surface area contributed by atoms with Gasteiger partial charge in [0.05, 0.1) is 5.52 Å². The van der Waals surface area contributed by atoms with Crippen molar-refractivity contribution in [3.05, 3.63) is 30.0 Å². The zero-order valence-corrected chi connectivity index (χ0v) is 12.7. The van der Waals surface area contributed by atoms with Gasteiger partial charge in [-0.25, -0.2) is 0 Å². The van der Waals surface area contributed by atoms with Crippen molar-refractivity contribution in [2.45, 2.75) is 13.8 Å². The van der Waals surface area contributed by atoms with Crippen molar-refractivity contribution in [2.75, 3.05) is 32.7 Å². The number of hydrogen-bond donors (Lipinski definition) is 1. The van der Waals surface area contributed by atoms with Crippen LogP contribution in [0.25, 0.3) is 10.9 Å². The van der Waals surface area contributed by atoms with Crippen LogP contribution in [0.2, 0.25) is 0 Å². The number of piperazine rings is 1. The second-order valence-electron chi connectivity index (χ2n) is 6.10. The third kappa shape index (κ3) is 2.93. The Labute approximate surface area is 124 Å². The van der Waals surface area contributed by atoms with E-state index < -0.39 is 0 Å². The number of rotatable bonds is 3. The van der Waals surface area contributed by atoms with Gasteiger partial charge in [0.1, 0.15) is 0 Å². The van der Waals surface area contributed by atoms with E-state index in [4.69, 9.17) is 0 Å². The zero-order valence-electron chi connectivity index (χ0n) is 12.7. The molecule has 0 unspecified atom stereocenters. The maximum atomic E-state index is 12.6. The number of carbonyl (C=O) groups is 1. The molecule has 2 aromatic rings. The Hall–Kier alpha value is -1.88. The average Bonchev–Trinajstić information content (AvgIpc) is 2.90. The van der Waals surface area contributed by atoms with Crippen LogP contribution in [0.15, 0.2) is 24.3 Å². The SMILES string of the molecule is CC(C)CN1CCN(C(=O)c2n[nH]c3ccccc23)CC1. The van der Waals surface area contributed by atoms with E-state index in [2.05, 4.69) is 28.9 Å². The standard InChI is InChI=1S/C16H22N4O/c1-12(2)11-19-7-9-20(10-8-19)16(21)15-13-5-3-4-6-14(13)17-18-15/h3-6,12H,7-11H2,1-2H3,(H,17,18). The van der Waals surface area contributed by atoms with Gasteiger partial charge in [0.2, 0.25) is 0 Å². The van der Waals surface area contributed by atoms with Gasteiger partial charge in [-0.3, -0.25) is 14.8 Å². The van der Waals surface area contributed by atoms with Gasteiger partial charge in [-0.05, 0) is 12.0 Å². The second kappa shape index (κ2) is 5.85. The summed E-state index contributed by atoms with van der Waals surface area (Å²) < 4.78 is 0. The molecule has 1 aromatic carbocycles. The van der Waals surface area contributed by atoms with Crippen molar-refractivity contribution in [2.24, 2.45) is 5.92 Å². The minimum atomic E-state index is 0.0386. The summed E-state index contributed by atoms with van der Waals surface area (Å²) in [5, 5.41) is 8.05. The van der Waals surface area contributed by atoms with Crippen molar-refractivity contribution in [3.8, 4) is 0 Å². The Balaban J connectivity index is 1.69. The highest BCUT2D eigenvalue weighted by Gasteiger charge is 2.25. The minimum Gasteiger partial charge on any atom is -0.335 e. The molecule has 3 rings (SSSR count). The monoisotopic (exact) mass is 286 g/mol. The highest BCUT2D eigenvalue weighted by molar-refractivity contribution is 6.04. The van der Waals surface area contributed by atoms with Crippen LogP contribution in [0, 0.1) is 5.92 Å². The molecule has 5 nitrogen and oxygen atoms in total. The van der Waals surface area contributed by atoms with Gasteiger partial charge in [-0.1, -0.05) is 32.0 Å². The van der Waals surface area contributed by atoms with E-state index in [1.807, 2.05) is 29.2 Å². The lowest BCUT2D eigenvalue weighted by Crippen LogP contribution is -2.49. The number of nitrogens with zero attached hydrogens (tertiary/aromatic N) is 3. The summed E-state index contributed by atoms with van der Waals surface area (Å²) in [6, 6.07) is 7.77. The van der Waals surface area contributed by atoms with E-state index in [0.717, 1.165) is 43.6 Å². The van der Waals surface area contributed by atoms with E-state index in [9.17, 15) is 4.79 Å². The zero-order chi connectivity index (χ0) is 14.8. The number of aromatic amines is 1. The molecule has 1 N–H and O–H groups in total. The summed E-state index contributed by atoms with van der Waals surface area (Å²) >= 11 is 0. The molecular weight excluding hydrogens is 264 g/mol. The van der Waals surface area contributed by atoms with Crippen molar-refractivity contribution in [1.82, 2.24) is 20.0 Å². The topological polar surface area (TPSA) is 52.2 Å². The van der Waals surface area contributed by atoms with Crippen molar-refractivity contribution in [3.63, 3.8) is 0 Å². The van der Waals surface area contributed by atoms with Crippen LogP contribution in [0.4, 0.5) is 0 Å². The van der Waals surface area contributed by atoms with Gasteiger partial charge in [0.15, 0.2) is 5.69 Å². The van der Waals surface area contributed by atoms with Crippen LogP contribution >= 0.6 is 0 Å². The molecule has 0 aliphatic carbocycles. The number of carbonyl (C=O) groups excluding carboxylic acids is 1. The normalized spacial score (nSPS) is 16.8. The highest BCUT2D eigenvalue weighted by Crippen LogP contribution is 2.17. The van der Waals surface area contributed by atoms with Crippen LogP contribution < -0.4 is 0 Å². The summed E-state index contributed by atoms with van der Waals surface area (Å²) in [7, 11) is 0. The van der Waals surface area contributed by atoms with E-state index in [-0.39, 0.29) is 5.91 Å². The Morgan fingerprint density at radius 2 is 1.95 bits per heavy atom. The molecule has 1 aliphatic rings. The Bertz CT molecular complexity index is 626. The average molecular weight is 286 g/mol. The Morgan fingerprint density at radius 1 is 1.24 bits per heavy atom. The van der Waals surface area contributed by atoms with Crippen molar-refractivity contribution in [1.29, 1.82) is 0 Å². The van der Waals surface area contributed by atoms with Crippen LogP contribution in [-0.4, -0.2) is 58.6 Å². The molecule has 1 fully saturated rings. The summed E-state index contributed by atoms with van der Waals surface area (Å²) in [5.41, 5.74) is 1.46. The molecule has 21 heavy (non-hydrogen) atoms. The van der Waals surface area contributed by atoms with Crippen LogP contribution in [0.1, 0.15) is 24.3 Å². The number of para-hydroxylation sites is 1. The molecule has 0 radical (unpaired) electrons. The summed E-state index contributed by atoms with van der Waals surface area (Å²) in [4.78, 5) is 17.0. The third-order valence-corrected chi connectivity index (χ3v) is 3.96. The lowest BCUT2D eigenvalue weighted by Gasteiger charge is -2.35. The second-order valence-corrected chi connectivity index (χ2v) is 6.10. The van der Waals surface area contributed by atoms with Gasteiger partial charge in [0, 0.05) is 38.1 Å². The molecule has 1 saturated heterocycles. The van der Waals surface area contributed by atoms with Crippen LogP contribution in [-0.2, 0) is 0 Å². The smallest absolute Gasteiger partial charge is 0.275 e. The van der Waals surface area contributed by atoms with E-state index in [0.29, 0.717) is 11.6 Å². The molecule has 0 atom stereocenters. The quantitative estimate of drug-likeness (QED) is 0.938. The fourth-order valence-electron chi connectivity index (χ4n) is 2.93. The summed E-state index contributed by atoms with van der Waals surface area (Å²) in [6.07, 6.45) is 0. The fourth-order valence-corrected chi connectivity index (χ4v) is 2.93. The maximum Gasteiger partial charge on any atom is 0.275 e. The van der Waals surface area contributed by atoms with Crippen LogP contribution in [0.5, 0.6) is 0 Å². The minimum absolute atomic E-state index is 0.0386. The first-order chi connectivity index (χ1) is 10.1. The molecule has 0 bridgehead atoms. The summed E-state index contributed by atoms with van der Waals surface area (Å²) in [6.45, 7) is 9.03. The Kier molecular flexibility index (Phi) is 3.92. The molecule has 2 heterocycles. The van der Waals surface area contributed by atoms with Crippen LogP contribution in [0.3, 0.4) is 0 Å². The molecule has 0 spiro atoms. The predicted octanol–water partition coefficient (Wildman–Crippen LogP) is 1.98. The number of nitrogens with one attached hydrogen (secondary N) is 1. The molecule has 112 valence electrons. The van der Waals surface area contributed by atoms with E-state index in [1.165, 1.54) is 0 Å². The number of benzene rings is 1. The maximum absolute atomic E-state index is 12.6. The first-order valence-corrected chi connectivity index (χ1v) is 7.60. The van der Waals surface area contributed by atoms with Crippen molar-refractivity contribution < 1.29 is 4.79 Å². The molecule has 5 heteroatoms. The number of aromatic nitrogens is 2. The fraction of sp³-hybridized carbons (Fsp3) is 0.500. The highest BCUT2D eigenvalue weighted by atomic mass is 16.2. The summed E-state index contributed by atoms with van der Waals surface area (Å²) in [5.74, 6) is 0.708. The molecule has 0 saturated carbocycles. The first kappa shape index (κ1) is 14.1. The molecule has 1 aromatic heterocycles. The largest absolute Gasteiger partial charge is 0.335 e. The number of hydrogen-bond acceptors (Lipinski definition) is 3. The molecule has 1 amide bonds. The predicted molar refractivity (Wildman–Crippen MR) is 83.3 cm³/mol. The van der Waals surface area contributed by atoms with E-state index in [1.54, 1.807) is 0 Å². The van der Waals surface area contributed by atoms with Gasteiger partial charge in [0.25, 0.3) is 5.91 Å². The van der Waals surface area contributed by atoms with Gasteiger partial charge in [-0.2, -0.15) is 5.10 Å². The molecule has 1 aliphatic heterocycles.